The van der Waals surface area contributed by atoms with Gasteiger partial charge in [-0.1, -0.05) is 257 Å². The van der Waals surface area contributed by atoms with Gasteiger partial charge in [-0.2, -0.15) is 27.4 Å². The van der Waals surface area contributed by atoms with Crippen LogP contribution in [0.15, 0.2) is 431 Å². The van der Waals surface area contributed by atoms with E-state index in [1.165, 1.54) is 298 Å². The Morgan fingerprint density at radius 3 is 1.07 bits per heavy atom. The van der Waals surface area contributed by atoms with Crippen LogP contribution >= 0.6 is 0 Å². The number of rotatable bonds is 3. The molecule has 0 N–H and O–H groups in total. The summed E-state index contributed by atoms with van der Waals surface area (Å²) in [6.07, 6.45) is 11.7. The normalized spacial score (nSPS) is 16.3. The third kappa shape index (κ3) is 8.37. The predicted octanol–water partition coefficient (Wildman–Crippen LogP) is 26.1. The van der Waals surface area contributed by atoms with E-state index in [9.17, 15) is 0 Å². The number of fused-ring (bicyclic) bond motifs is 35. The van der Waals surface area contributed by atoms with Gasteiger partial charge in [0.1, 0.15) is 67.0 Å². The second kappa shape index (κ2) is 26.2. The zero-order valence-corrected chi connectivity index (χ0v) is 80.7. The lowest BCUT2D eigenvalue weighted by Crippen LogP contribution is -2.77. The molecule has 30 aromatic rings. The Morgan fingerprint density at radius 2 is 0.554 bits per heavy atom. The van der Waals surface area contributed by atoms with Crippen LogP contribution in [0.2, 0.25) is 0 Å². The molecule has 0 bridgehead atoms. The Labute approximate surface area is 843 Å². The third-order valence-electron chi connectivity index (χ3n) is 35.7. The number of hydrogen-bond acceptors (Lipinski definition) is 0. The van der Waals surface area contributed by atoms with Gasteiger partial charge in [0.05, 0.1) is 108 Å². The highest BCUT2D eigenvalue weighted by molar-refractivity contribution is 6.24. The molecule has 9 aliphatic rings. The van der Waals surface area contributed by atoms with Crippen LogP contribution < -0.4 is 27.7 Å². The van der Waals surface area contributed by atoms with E-state index < -0.39 is 17.0 Å². The fourth-order valence-electron chi connectivity index (χ4n) is 30.7. The second-order valence-corrected chi connectivity index (χ2v) is 41.9. The Kier molecular flexibility index (Phi) is 13.7. The maximum atomic E-state index is 2.65. The standard InChI is InChI=1S/2C45H29N5.C43H25N5/c1-26-40(32-17-9-13-28-12-3-4-14-29(28)32)27(2)50-45-41-37(21-10-22-39(41)49(26)50)47-35-19-7-5-15-30(35)33-23-24-38(42(45)43(33)47)48-36-20-8-6-16-31(36)34-18-11-25-46(45)44(34)48;1-26-40(32-17-11-13-28-12-3-4-14-29(28)32)27(2)50-45-41-37(47-35-18-7-5-15-30(35)33-22-24-38(49(26)50)42(45)43(33)47)23-21-34-31-16-6-8-19-36(31)48(44(34)41)39-20-9-10-25-46(39)45;1-2-13-28-26(11-1)12-9-16-29(28)27-24-45-36-19-10-20-37-39(36)43(46(45)25-27)40-41-32(30-14-3-5-17-34(30)47(37)41)23-33-31-15-4-6-18-35(31)48(42(33)40)38-21-7-8-22-44(38)43/h2*3-25H,1-2H3;1-25H/q3*+2. The molecular weight excluding hydrogens is 1810 g/mol. The molecule has 12 aromatic heterocycles. The summed E-state index contributed by atoms with van der Waals surface area (Å²) in [7, 11) is 0. The largest absolute Gasteiger partial charge is 0.394 e. The second-order valence-electron chi connectivity index (χ2n) is 41.9. The van der Waals surface area contributed by atoms with Gasteiger partial charge >= 0.3 is 22.6 Å². The number of pyridine rings is 3. The molecule has 15 nitrogen and oxygen atoms in total. The fourth-order valence-corrected chi connectivity index (χ4v) is 30.7. The summed E-state index contributed by atoms with van der Waals surface area (Å²) in [5, 5.41) is 23.0. The van der Waals surface area contributed by atoms with Gasteiger partial charge < -0.3 is 13.7 Å². The summed E-state index contributed by atoms with van der Waals surface area (Å²) in [6, 6.07) is 148. The van der Waals surface area contributed by atoms with E-state index in [4.69, 9.17) is 0 Å². The van der Waals surface area contributed by atoms with Gasteiger partial charge in [-0.15, -0.1) is 14.0 Å². The summed E-state index contributed by atoms with van der Waals surface area (Å²) in [5.74, 6) is 2.33. The smallest absolute Gasteiger partial charge is 0.307 e. The van der Waals surface area contributed by atoms with Crippen molar-refractivity contribution in [2.24, 2.45) is 0 Å². The Bertz CT molecular complexity index is 11600. The summed E-state index contributed by atoms with van der Waals surface area (Å²) >= 11 is 0. The molecule has 0 aliphatic carbocycles. The number of benzene rings is 18. The van der Waals surface area contributed by atoms with Crippen molar-refractivity contribution in [3.8, 4) is 84.8 Å². The van der Waals surface area contributed by atoms with Crippen LogP contribution in [0.25, 0.3) is 248 Å². The molecule has 3 spiro atoms. The Hall–Kier alpha value is -19.4. The molecule has 3 unspecified atom stereocenters. The summed E-state index contributed by atoms with van der Waals surface area (Å²) in [4.78, 5) is 0. The molecule has 0 amide bonds. The van der Waals surface area contributed by atoms with E-state index >= 15 is 0 Å². The van der Waals surface area contributed by atoms with Gasteiger partial charge in [-0.25, -0.2) is 0 Å². The first-order valence-corrected chi connectivity index (χ1v) is 51.6. The van der Waals surface area contributed by atoms with Gasteiger partial charge in [0, 0.05) is 85.2 Å². The highest BCUT2D eigenvalue weighted by Crippen LogP contribution is 2.61. The SMILES string of the molecule is Cc1c(-c2cccc3ccccc23)c(C)[n+]2n1-c1ccc3c4ccccc4n4c3c1C21c2c-4ccc3c4ccccc4n(c23)-c2cccc[n+]21.Cc1c(-c2cccc3ccccc23)c(C)[n+]2n1-c1cccc3c1C21c2c(ccc4c5ccccc5n-3c24)-n2c3ccccc3c3ccc[n+]1c32.c1cc2c3c(c1)-n1cc(-c4cccc5ccccc45)c[n+]1C31c3c4c(cc5c6ccccc6n(c35)-c3cccc[n+]31)c1ccccc1n4-2. The minimum absolute atomic E-state index is 0.655. The monoisotopic (exact) mass is 1890 g/mol. The van der Waals surface area contributed by atoms with Crippen molar-refractivity contribution < 1.29 is 27.7 Å². The van der Waals surface area contributed by atoms with Gasteiger partial charge in [-0.05, 0) is 208 Å². The highest BCUT2D eigenvalue weighted by Gasteiger charge is 2.73. The van der Waals surface area contributed by atoms with Crippen LogP contribution in [-0.4, -0.2) is 41.4 Å². The number of para-hydroxylation sites is 6. The lowest BCUT2D eigenvalue weighted by molar-refractivity contribution is -0.995. The van der Waals surface area contributed by atoms with Crippen molar-refractivity contribution in [1.82, 2.24) is 41.4 Å². The molecule has 21 heterocycles. The summed E-state index contributed by atoms with van der Waals surface area (Å²) in [6.45, 7) is 9.32. The molecule has 684 valence electrons. The lowest BCUT2D eigenvalue weighted by Gasteiger charge is -2.33. The zero-order chi connectivity index (χ0) is 96.1. The van der Waals surface area contributed by atoms with Gasteiger partial charge in [-0.3, -0.25) is 0 Å². The van der Waals surface area contributed by atoms with Crippen molar-refractivity contribution in [3.63, 3.8) is 0 Å². The van der Waals surface area contributed by atoms with E-state index in [0.29, 0.717) is 0 Å². The average Bonchev–Trinajstić information content (AvgIpc) is 1.47. The van der Waals surface area contributed by atoms with Crippen molar-refractivity contribution >= 4 is 163 Å². The molecule has 0 radical (unpaired) electrons. The van der Waals surface area contributed by atoms with Crippen LogP contribution in [0.3, 0.4) is 0 Å². The van der Waals surface area contributed by atoms with Gasteiger partial charge in [0.25, 0.3) is 11.6 Å². The first-order chi connectivity index (χ1) is 73.2. The van der Waals surface area contributed by atoms with Crippen LogP contribution in [0, 0.1) is 27.7 Å². The van der Waals surface area contributed by atoms with E-state index in [2.05, 4.69) is 528 Å². The first-order valence-electron chi connectivity index (χ1n) is 51.6. The van der Waals surface area contributed by atoms with Gasteiger partial charge in [0.2, 0.25) is 17.6 Å². The average molecular weight is 1890 g/mol. The van der Waals surface area contributed by atoms with E-state index in [1.54, 1.807) is 0 Å². The van der Waals surface area contributed by atoms with Crippen molar-refractivity contribution in [1.29, 1.82) is 0 Å². The fraction of sp³-hybridized carbons (Fsp3) is 0.0526. The summed E-state index contributed by atoms with van der Waals surface area (Å²) in [5.41, 5.74) is 42.3. The van der Waals surface area contributed by atoms with Crippen LogP contribution in [-0.2, 0) is 17.0 Å². The van der Waals surface area contributed by atoms with E-state index in [0.717, 1.165) is 5.82 Å². The quantitative estimate of drug-likeness (QED) is 0.158. The van der Waals surface area contributed by atoms with E-state index in [1.807, 2.05) is 0 Å². The van der Waals surface area contributed by atoms with Crippen molar-refractivity contribution in [3.05, 3.63) is 488 Å². The molecule has 0 fully saturated rings. The number of aromatic nitrogens is 15. The van der Waals surface area contributed by atoms with Crippen molar-refractivity contribution in [2.75, 3.05) is 0 Å². The maximum Gasteiger partial charge on any atom is 0.394 e. The molecule has 39 rings (SSSR count). The third-order valence-corrected chi connectivity index (χ3v) is 35.7. The molecule has 9 aliphatic heterocycles. The molecule has 0 saturated heterocycles. The Morgan fingerprint density at radius 1 is 0.223 bits per heavy atom. The van der Waals surface area contributed by atoms with Crippen LogP contribution in [0.4, 0.5) is 0 Å². The summed E-state index contributed by atoms with van der Waals surface area (Å²) < 4.78 is 38.3. The maximum absolute atomic E-state index is 2.65. The Balaban J connectivity index is 0.0000000903. The number of nitrogens with zero attached hydrogens (tertiary/aromatic N) is 15. The minimum Gasteiger partial charge on any atom is -0.307 e. The zero-order valence-electron chi connectivity index (χ0n) is 80.7. The minimum atomic E-state index is -0.674. The molecule has 3 atom stereocenters. The van der Waals surface area contributed by atoms with Gasteiger partial charge in [0.15, 0.2) is 16.7 Å². The molecule has 18 aromatic carbocycles. The first kappa shape index (κ1) is 77.3. The topological polar surface area (TPSA) is 67.7 Å². The van der Waals surface area contributed by atoms with Crippen LogP contribution in [0.1, 0.15) is 56.2 Å². The lowest BCUT2D eigenvalue weighted by atomic mass is 9.82. The predicted molar refractivity (Wildman–Crippen MR) is 587 cm³/mol. The van der Waals surface area contributed by atoms with Crippen molar-refractivity contribution in [2.45, 2.75) is 44.7 Å². The highest BCUT2D eigenvalue weighted by atomic mass is 15.6. The van der Waals surface area contributed by atoms with E-state index in [-0.39, 0.29) is 0 Å². The molecule has 148 heavy (non-hydrogen) atoms. The molecule has 0 saturated carbocycles. The molecular formula is C133H83N15+6. The van der Waals surface area contributed by atoms with Crippen LogP contribution in [0.5, 0.6) is 0 Å². The molecule has 15 heteroatoms. The number of hydrogen-bond donors (Lipinski definition) is 0.